The van der Waals surface area contributed by atoms with Crippen LogP contribution in [0, 0.1) is 0 Å². The zero-order chi connectivity index (χ0) is 16.9. The van der Waals surface area contributed by atoms with Gasteiger partial charge in [0.05, 0.1) is 5.54 Å². The number of unbranched alkanes of at least 4 members (excludes halogenated alkanes) is 1. The lowest BCUT2D eigenvalue weighted by molar-refractivity contribution is -0.119. The van der Waals surface area contributed by atoms with Crippen molar-refractivity contribution in [2.75, 3.05) is 11.9 Å². The molecule has 2 aromatic rings. The van der Waals surface area contributed by atoms with Gasteiger partial charge in [-0.05, 0) is 24.9 Å². The highest BCUT2D eigenvalue weighted by Crippen LogP contribution is 2.24. The van der Waals surface area contributed by atoms with Crippen LogP contribution in [0.2, 0.25) is 5.28 Å². The van der Waals surface area contributed by atoms with Gasteiger partial charge in [-0.25, -0.2) is 9.97 Å². The van der Waals surface area contributed by atoms with Crippen molar-refractivity contribution < 1.29 is 4.79 Å². The third-order valence-corrected chi connectivity index (χ3v) is 3.70. The Kier molecular flexibility index (Phi) is 5.65. The number of anilines is 1. The maximum Gasteiger partial charge on any atom is 0.226 e. The number of nitrogens with zero attached hydrogens (tertiary/aromatic N) is 4. The number of aromatic nitrogens is 4. The number of nitrogens with one attached hydrogen (secondary N) is 2. The summed E-state index contributed by atoms with van der Waals surface area (Å²) in [5.74, 6) is 0.456. The second-order valence-corrected chi connectivity index (χ2v) is 6.11. The quantitative estimate of drug-likeness (QED) is 0.755. The Bertz CT molecular complexity index is 695. The first kappa shape index (κ1) is 17.3. The van der Waals surface area contributed by atoms with Gasteiger partial charge >= 0.3 is 0 Å². The third kappa shape index (κ3) is 4.72. The zero-order valence-electron chi connectivity index (χ0n) is 13.6. The van der Waals surface area contributed by atoms with Crippen molar-refractivity contribution in [3.8, 4) is 0 Å². The Labute approximate surface area is 140 Å². The van der Waals surface area contributed by atoms with E-state index in [4.69, 9.17) is 11.6 Å². The molecule has 0 saturated heterocycles. The van der Waals surface area contributed by atoms with Crippen LogP contribution in [0.1, 0.15) is 40.0 Å². The standard InChI is InChI=1S/C15H21ClN6O/c1-4-5-6-15(3,9-19-10(2)23)22-13-11-12(18-8-7-17-11)20-14(16)21-13/h7-8H,4-6,9H2,1-3H3,(H,19,23)(H,18,20,21,22)/t15-/m1/s1. The fraction of sp³-hybridized carbons (Fsp3) is 0.533. The first-order valence-electron chi connectivity index (χ1n) is 7.60. The molecule has 2 aromatic heterocycles. The van der Waals surface area contributed by atoms with Gasteiger partial charge in [-0.15, -0.1) is 0 Å². The summed E-state index contributed by atoms with van der Waals surface area (Å²) >= 11 is 5.98. The molecule has 0 bridgehead atoms. The van der Waals surface area contributed by atoms with Gasteiger partial charge in [0, 0.05) is 25.9 Å². The molecule has 7 nitrogen and oxygen atoms in total. The number of rotatable bonds is 7. The average Bonchev–Trinajstić information content (AvgIpc) is 2.51. The molecule has 0 aliphatic carbocycles. The van der Waals surface area contributed by atoms with Crippen LogP contribution in [0.25, 0.3) is 11.2 Å². The van der Waals surface area contributed by atoms with Crippen LogP contribution >= 0.6 is 11.6 Å². The molecule has 2 heterocycles. The van der Waals surface area contributed by atoms with Crippen molar-refractivity contribution in [1.82, 2.24) is 25.3 Å². The Hall–Kier alpha value is -2.02. The molecule has 0 aliphatic rings. The Morgan fingerprint density at radius 2 is 2.04 bits per heavy atom. The monoisotopic (exact) mass is 336 g/mol. The molecule has 0 aliphatic heterocycles. The van der Waals surface area contributed by atoms with Gasteiger partial charge in [-0.1, -0.05) is 19.8 Å². The van der Waals surface area contributed by atoms with Crippen molar-refractivity contribution >= 4 is 34.5 Å². The fourth-order valence-corrected chi connectivity index (χ4v) is 2.46. The maximum atomic E-state index is 11.3. The minimum Gasteiger partial charge on any atom is -0.361 e. The molecule has 23 heavy (non-hydrogen) atoms. The molecular formula is C15H21ClN6O. The smallest absolute Gasteiger partial charge is 0.226 e. The van der Waals surface area contributed by atoms with E-state index in [1.165, 1.54) is 6.92 Å². The van der Waals surface area contributed by atoms with Crippen LogP contribution < -0.4 is 10.6 Å². The van der Waals surface area contributed by atoms with E-state index in [1.54, 1.807) is 12.4 Å². The van der Waals surface area contributed by atoms with E-state index in [1.807, 2.05) is 6.92 Å². The van der Waals surface area contributed by atoms with Crippen LogP contribution in [-0.2, 0) is 4.79 Å². The molecule has 0 radical (unpaired) electrons. The van der Waals surface area contributed by atoms with Crippen LogP contribution in [0.4, 0.5) is 5.82 Å². The van der Waals surface area contributed by atoms with Crippen molar-refractivity contribution in [2.45, 2.75) is 45.6 Å². The molecule has 0 saturated carbocycles. The van der Waals surface area contributed by atoms with Crippen LogP contribution in [0.3, 0.4) is 0 Å². The number of hydrogen-bond acceptors (Lipinski definition) is 6. The molecule has 8 heteroatoms. The van der Waals surface area contributed by atoms with Crippen LogP contribution in [0.5, 0.6) is 0 Å². The van der Waals surface area contributed by atoms with Gasteiger partial charge in [0.1, 0.15) is 0 Å². The van der Waals surface area contributed by atoms with Crippen molar-refractivity contribution in [3.05, 3.63) is 17.7 Å². The highest BCUT2D eigenvalue weighted by molar-refractivity contribution is 6.28. The highest BCUT2D eigenvalue weighted by atomic mass is 35.5. The minimum atomic E-state index is -0.371. The molecular weight excluding hydrogens is 316 g/mol. The largest absolute Gasteiger partial charge is 0.361 e. The molecule has 0 unspecified atom stereocenters. The van der Waals surface area contributed by atoms with Gasteiger partial charge in [0.2, 0.25) is 11.2 Å². The summed E-state index contributed by atoms with van der Waals surface area (Å²) in [5, 5.41) is 6.35. The minimum absolute atomic E-state index is 0.0695. The Morgan fingerprint density at radius 3 is 2.74 bits per heavy atom. The molecule has 2 rings (SSSR count). The summed E-state index contributed by atoms with van der Waals surface area (Å²) < 4.78 is 0. The first-order chi connectivity index (χ1) is 10.9. The first-order valence-corrected chi connectivity index (χ1v) is 7.98. The molecule has 1 atom stereocenters. The molecule has 1 amide bonds. The Morgan fingerprint density at radius 1 is 1.30 bits per heavy atom. The Balaban J connectivity index is 2.33. The lowest BCUT2D eigenvalue weighted by Crippen LogP contribution is -2.46. The number of hydrogen-bond donors (Lipinski definition) is 2. The van der Waals surface area contributed by atoms with E-state index >= 15 is 0 Å². The molecule has 124 valence electrons. The number of amides is 1. The van der Waals surface area contributed by atoms with Gasteiger partial charge in [-0.2, -0.15) is 9.97 Å². The summed E-state index contributed by atoms with van der Waals surface area (Å²) in [7, 11) is 0. The average molecular weight is 337 g/mol. The van der Waals surface area contributed by atoms with Crippen molar-refractivity contribution in [1.29, 1.82) is 0 Å². The van der Waals surface area contributed by atoms with E-state index in [2.05, 4.69) is 37.5 Å². The van der Waals surface area contributed by atoms with E-state index in [9.17, 15) is 4.79 Å². The van der Waals surface area contributed by atoms with E-state index in [-0.39, 0.29) is 16.7 Å². The van der Waals surface area contributed by atoms with Crippen LogP contribution in [-0.4, -0.2) is 37.9 Å². The van der Waals surface area contributed by atoms with Gasteiger partial charge in [0.25, 0.3) is 0 Å². The second kappa shape index (κ2) is 7.50. The summed E-state index contributed by atoms with van der Waals surface area (Å²) in [5.41, 5.74) is 0.624. The second-order valence-electron chi connectivity index (χ2n) is 5.77. The molecule has 0 aromatic carbocycles. The molecule has 0 fully saturated rings. The number of fused-ring (bicyclic) bond motifs is 1. The summed E-state index contributed by atoms with van der Waals surface area (Å²) in [6.45, 7) is 6.15. The van der Waals surface area contributed by atoms with Crippen molar-refractivity contribution in [2.24, 2.45) is 0 Å². The predicted octanol–water partition coefficient (Wildman–Crippen LogP) is 2.57. The summed E-state index contributed by atoms with van der Waals surface area (Å²) in [4.78, 5) is 28.0. The molecule has 0 spiro atoms. The normalized spacial score (nSPS) is 13.6. The lowest BCUT2D eigenvalue weighted by atomic mass is 9.94. The topological polar surface area (TPSA) is 92.7 Å². The van der Waals surface area contributed by atoms with E-state index < -0.39 is 0 Å². The summed E-state index contributed by atoms with van der Waals surface area (Å²) in [6, 6.07) is 0. The van der Waals surface area contributed by atoms with Gasteiger partial charge in [0.15, 0.2) is 17.0 Å². The SMILES string of the molecule is CCCC[C@](C)(CNC(C)=O)Nc1nc(Cl)nc2nccnc12. The zero-order valence-corrected chi connectivity index (χ0v) is 14.3. The van der Waals surface area contributed by atoms with Gasteiger partial charge in [-0.3, -0.25) is 4.79 Å². The summed E-state index contributed by atoms with van der Waals surface area (Å²) in [6.07, 6.45) is 6.09. The molecule has 2 N–H and O–H groups in total. The predicted molar refractivity (Wildman–Crippen MR) is 90.4 cm³/mol. The highest BCUT2D eigenvalue weighted by Gasteiger charge is 2.26. The maximum absolute atomic E-state index is 11.3. The number of carbonyl (C=O) groups excluding carboxylic acids is 1. The lowest BCUT2D eigenvalue weighted by Gasteiger charge is -2.31. The number of halogens is 1. The third-order valence-electron chi connectivity index (χ3n) is 3.54. The van der Waals surface area contributed by atoms with Crippen LogP contribution in [0.15, 0.2) is 12.4 Å². The van der Waals surface area contributed by atoms with Crippen molar-refractivity contribution in [3.63, 3.8) is 0 Å². The number of carbonyl (C=O) groups is 1. The fourth-order valence-electron chi connectivity index (χ4n) is 2.29. The van der Waals surface area contributed by atoms with E-state index in [0.29, 0.717) is 23.5 Å². The van der Waals surface area contributed by atoms with Gasteiger partial charge < -0.3 is 10.6 Å². The van der Waals surface area contributed by atoms with E-state index in [0.717, 1.165) is 19.3 Å².